The molecule has 0 saturated carbocycles. The third kappa shape index (κ3) is 4.20. The Morgan fingerprint density at radius 3 is 2.62 bits per heavy atom. The van der Waals surface area contributed by atoms with Gasteiger partial charge in [0.05, 0.1) is 23.0 Å². The second kappa shape index (κ2) is 8.28. The van der Waals surface area contributed by atoms with Gasteiger partial charge >= 0.3 is 5.97 Å². The van der Waals surface area contributed by atoms with Crippen molar-refractivity contribution in [3.63, 3.8) is 0 Å². The number of thiazole rings is 1. The Bertz CT molecular complexity index is 1140. The van der Waals surface area contributed by atoms with Gasteiger partial charge in [-0.1, -0.05) is 53.8 Å². The Morgan fingerprint density at radius 2 is 1.90 bits per heavy atom. The van der Waals surface area contributed by atoms with Crippen LogP contribution in [0.5, 0.6) is 0 Å². The van der Waals surface area contributed by atoms with E-state index in [1.807, 2.05) is 55.5 Å². The van der Waals surface area contributed by atoms with E-state index in [0.717, 1.165) is 21.3 Å². The maximum absolute atomic E-state index is 13.0. The molecule has 0 bridgehead atoms. The van der Waals surface area contributed by atoms with Gasteiger partial charge in [0.2, 0.25) is 5.76 Å². The molecule has 2 aromatic heterocycles. The number of carbonyl (C=O) groups is 2. The number of carbonyl (C=O) groups excluding carboxylic acids is 2. The van der Waals surface area contributed by atoms with Gasteiger partial charge in [0.15, 0.2) is 11.7 Å². The summed E-state index contributed by atoms with van der Waals surface area (Å²) in [5, 5.41) is 0.567. The summed E-state index contributed by atoms with van der Waals surface area (Å²) in [7, 11) is 0. The van der Waals surface area contributed by atoms with E-state index < -0.39 is 12.6 Å². The fourth-order valence-electron chi connectivity index (χ4n) is 2.89. The first-order chi connectivity index (χ1) is 14.1. The van der Waals surface area contributed by atoms with Crippen LogP contribution in [-0.2, 0) is 16.1 Å². The number of para-hydroxylation sites is 1. The number of aryl methyl sites for hydroxylation is 1. The number of amides is 1. The zero-order chi connectivity index (χ0) is 20.2. The van der Waals surface area contributed by atoms with Crippen molar-refractivity contribution in [1.82, 2.24) is 4.98 Å². The lowest BCUT2D eigenvalue weighted by Gasteiger charge is -2.19. The number of hydrogen-bond acceptors (Lipinski definition) is 6. The number of benzene rings is 2. The molecule has 7 heteroatoms. The van der Waals surface area contributed by atoms with Crippen LogP contribution in [0.2, 0.25) is 0 Å². The smallest absolute Gasteiger partial charge is 0.374 e. The van der Waals surface area contributed by atoms with Gasteiger partial charge in [0.25, 0.3) is 5.91 Å². The van der Waals surface area contributed by atoms with E-state index in [1.165, 1.54) is 23.7 Å². The SMILES string of the molecule is Cc1cccc2sc(N(Cc3ccccc3)C(=O)COC(=O)c3ccco3)nc12. The fraction of sp³-hybridized carbons (Fsp3) is 0.136. The standard InChI is InChI=1S/C22H18N2O4S/c1-15-7-5-11-18-20(15)23-22(29-18)24(13-16-8-3-2-4-9-16)19(25)14-28-21(26)17-10-6-12-27-17/h2-12H,13-14H2,1H3. The highest BCUT2D eigenvalue weighted by atomic mass is 32.1. The molecule has 0 N–H and O–H groups in total. The lowest BCUT2D eigenvalue weighted by molar-refractivity contribution is -0.121. The van der Waals surface area contributed by atoms with Crippen molar-refractivity contribution in [1.29, 1.82) is 0 Å². The molecule has 0 atom stereocenters. The molecule has 0 aliphatic carbocycles. The van der Waals surface area contributed by atoms with E-state index in [-0.39, 0.29) is 11.7 Å². The normalized spacial score (nSPS) is 10.8. The molecular formula is C22H18N2O4S. The molecule has 0 unspecified atom stereocenters. The molecule has 4 rings (SSSR count). The molecule has 146 valence electrons. The second-order valence-corrected chi connectivity index (χ2v) is 7.45. The van der Waals surface area contributed by atoms with Crippen LogP contribution < -0.4 is 4.90 Å². The molecule has 2 aromatic carbocycles. The predicted molar refractivity (Wildman–Crippen MR) is 111 cm³/mol. The van der Waals surface area contributed by atoms with E-state index in [0.29, 0.717) is 11.7 Å². The number of anilines is 1. The first-order valence-corrected chi connectivity index (χ1v) is 9.84. The van der Waals surface area contributed by atoms with Crippen molar-refractivity contribution < 1.29 is 18.7 Å². The molecule has 0 aliphatic heterocycles. The summed E-state index contributed by atoms with van der Waals surface area (Å²) < 4.78 is 11.1. The van der Waals surface area contributed by atoms with Gasteiger partial charge in [0, 0.05) is 0 Å². The minimum Gasteiger partial charge on any atom is -0.457 e. The average molecular weight is 406 g/mol. The molecule has 2 heterocycles. The van der Waals surface area contributed by atoms with Crippen LogP contribution in [0.15, 0.2) is 71.3 Å². The highest BCUT2D eigenvalue weighted by Crippen LogP contribution is 2.31. The minimum absolute atomic E-state index is 0.0584. The number of ether oxygens (including phenoxy) is 1. The van der Waals surface area contributed by atoms with Crippen LogP contribution in [0.4, 0.5) is 5.13 Å². The molecule has 0 radical (unpaired) electrons. The zero-order valence-electron chi connectivity index (χ0n) is 15.7. The van der Waals surface area contributed by atoms with Crippen LogP contribution >= 0.6 is 11.3 Å². The van der Waals surface area contributed by atoms with Crippen LogP contribution in [-0.4, -0.2) is 23.5 Å². The van der Waals surface area contributed by atoms with E-state index in [1.54, 1.807) is 11.0 Å². The summed E-state index contributed by atoms with van der Waals surface area (Å²) in [6.07, 6.45) is 1.38. The summed E-state index contributed by atoms with van der Waals surface area (Å²) in [6, 6.07) is 18.6. The zero-order valence-corrected chi connectivity index (χ0v) is 16.5. The largest absolute Gasteiger partial charge is 0.457 e. The predicted octanol–water partition coefficient (Wildman–Crippen LogP) is 4.59. The monoisotopic (exact) mass is 406 g/mol. The van der Waals surface area contributed by atoms with Crippen LogP contribution in [0.3, 0.4) is 0 Å². The molecule has 1 amide bonds. The van der Waals surface area contributed by atoms with Crippen LogP contribution in [0.25, 0.3) is 10.2 Å². The number of furan rings is 1. The van der Waals surface area contributed by atoms with E-state index in [4.69, 9.17) is 9.15 Å². The van der Waals surface area contributed by atoms with Gasteiger partial charge in [0.1, 0.15) is 0 Å². The average Bonchev–Trinajstić information content (AvgIpc) is 3.41. The van der Waals surface area contributed by atoms with Crippen molar-refractivity contribution in [2.75, 3.05) is 11.5 Å². The molecule has 29 heavy (non-hydrogen) atoms. The molecule has 0 spiro atoms. The molecule has 0 saturated heterocycles. The lowest BCUT2D eigenvalue weighted by atomic mass is 10.2. The number of rotatable bonds is 6. The quantitative estimate of drug-likeness (QED) is 0.438. The number of fused-ring (bicyclic) bond motifs is 1. The number of nitrogens with zero attached hydrogens (tertiary/aromatic N) is 2. The van der Waals surface area contributed by atoms with Crippen molar-refractivity contribution in [2.24, 2.45) is 0 Å². The molecule has 0 fully saturated rings. The van der Waals surface area contributed by atoms with Crippen molar-refractivity contribution in [3.05, 3.63) is 83.8 Å². The third-order valence-corrected chi connectivity index (χ3v) is 5.42. The van der Waals surface area contributed by atoms with Gasteiger partial charge in [-0.05, 0) is 36.2 Å². The number of hydrogen-bond donors (Lipinski definition) is 0. The van der Waals surface area contributed by atoms with Crippen LogP contribution in [0, 0.1) is 6.92 Å². The first kappa shape index (κ1) is 18.9. The van der Waals surface area contributed by atoms with Crippen LogP contribution in [0.1, 0.15) is 21.7 Å². The number of aromatic nitrogens is 1. The van der Waals surface area contributed by atoms with Gasteiger partial charge in [-0.3, -0.25) is 9.69 Å². The summed E-state index contributed by atoms with van der Waals surface area (Å²) in [4.78, 5) is 31.2. The highest BCUT2D eigenvalue weighted by molar-refractivity contribution is 7.22. The topological polar surface area (TPSA) is 72.6 Å². The van der Waals surface area contributed by atoms with Gasteiger partial charge in [-0.25, -0.2) is 9.78 Å². The Morgan fingerprint density at radius 1 is 1.07 bits per heavy atom. The maximum atomic E-state index is 13.0. The Labute approximate surface area is 171 Å². The summed E-state index contributed by atoms with van der Waals surface area (Å²) in [5.41, 5.74) is 2.86. The molecule has 4 aromatic rings. The molecule has 6 nitrogen and oxygen atoms in total. The minimum atomic E-state index is -0.678. The summed E-state index contributed by atoms with van der Waals surface area (Å²) in [5.74, 6) is -0.975. The van der Waals surface area contributed by atoms with E-state index in [2.05, 4.69) is 4.98 Å². The summed E-state index contributed by atoms with van der Waals surface area (Å²) >= 11 is 1.43. The number of esters is 1. The van der Waals surface area contributed by atoms with Gasteiger partial charge in [-0.15, -0.1) is 0 Å². The van der Waals surface area contributed by atoms with E-state index >= 15 is 0 Å². The summed E-state index contributed by atoms with van der Waals surface area (Å²) in [6.45, 7) is 1.92. The van der Waals surface area contributed by atoms with Gasteiger partial charge in [-0.2, -0.15) is 0 Å². The Hall–Kier alpha value is -3.45. The maximum Gasteiger partial charge on any atom is 0.374 e. The van der Waals surface area contributed by atoms with E-state index in [9.17, 15) is 9.59 Å². The van der Waals surface area contributed by atoms with Crippen molar-refractivity contribution >= 4 is 38.6 Å². The molecular weight excluding hydrogens is 388 g/mol. The lowest BCUT2D eigenvalue weighted by Crippen LogP contribution is -2.34. The molecule has 0 aliphatic rings. The highest BCUT2D eigenvalue weighted by Gasteiger charge is 2.23. The third-order valence-electron chi connectivity index (χ3n) is 4.37. The Kier molecular flexibility index (Phi) is 5.39. The van der Waals surface area contributed by atoms with Crippen molar-refractivity contribution in [2.45, 2.75) is 13.5 Å². The van der Waals surface area contributed by atoms with Crippen molar-refractivity contribution in [3.8, 4) is 0 Å². The second-order valence-electron chi connectivity index (χ2n) is 6.44. The van der Waals surface area contributed by atoms with Gasteiger partial charge < -0.3 is 9.15 Å². The fourth-order valence-corrected chi connectivity index (χ4v) is 3.95. The Balaban J connectivity index is 1.59. The first-order valence-electron chi connectivity index (χ1n) is 9.03.